The zero-order chi connectivity index (χ0) is 17.4. The number of ketones is 1. The Bertz CT molecular complexity index is 827. The zero-order valence-electron chi connectivity index (χ0n) is 13.6. The first-order valence-electron chi connectivity index (χ1n) is 7.82. The molecule has 6 heteroatoms. The van der Waals surface area contributed by atoms with Gasteiger partial charge >= 0.3 is 0 Å². The summed E-state index contributed by atoms with van der Waals surface area (Å²) in [5.41, 5.74) is 3.63. The summed E-state index contributed by atoms with van der Waals surface area (Å²) in [6.07, 6.45) is 2.19. The van der Waals surface area contributed by atoms with Gasteiger partial charge in [-0.15, -0.1) is 0 Å². The van der Waals surface area contributed by atoms with Crippen molar-refractivity contribution < 1.29 is 9.59 Å². The fourth-order valence-electron chi connectivity index (χ4n) is 3.16. The average molecular weight is 365 g/mol. The summed E-state index contributed by atoms with van der Waals surface area (Å²) >= 11 is 12.1. The van der Waals surface area contributed by atoms with Crippen LogP contribution in [0.15, 0.2) is 18.2 Å². The number of rotatable bonds is 3. The molecule has 0 saturated heterocycles. The van der Waals surface area contributed by atoms with Crippen molar-refractivity contribution in [2.24, 2.45) is 0 Å². The Labute approximate surface area is 150 Å². The molecule has 0 unspecified atom stereocenters. The second-order valence-electron chi connectivity index (χ2n) is 6.15. The molecule has 1 aliphatic carbocycles. The number of amides is 1. The maximum absolute atomic E-state index is 12.8. The number of aromatic amines is 1. The maximum Gasteiger partial charge on any atom is 0.270 e. The van der Waals surface area contributed by atoms with E-state index in [1.54, 1.807) is 24.1 Å². The van der Waals surface area contributed by atoms with E-state index in [1.807, 2.05) is 13.0 Å². The molecule has 2 aromatic rings. The van der Waals surface area contributed by atoms with Crippen LogP contribution < -0.4 is 0 Å². The number of halogens is 2. The summed E-state index contributed by atoms with van der Waals surface area (Å²) in [4.78, 5) is 29.6. The summed E-state index contributed by atoms with van der Waals surface area (Å²) in [5, 5.41) is 1.09. The Kier molecular flexibility index (Phi) is 4.70. The first-order valence-corrected chi connectivity index (χ1v) is 8.58. The Hall–Kier alpha value is -1.78. The van der Waals surface area contributed by atoms with Gasteiger partial charge in [-0.25, -0.2) is 0 Å². The van der Waals surface area contributed by atoms with E-state index >= 15 is 0 Å². The molecule has 1 aromatic carbocycles. The summed E-state index contributed by atoms with van der Waals surface area (Å²) < 4.78 is 0. The Morgan fingerprint density at radius 3 is 2.71 bits per heavy atom. The molecule has 0 radical (unpaired) electrons. The highest BCUT2D eigenvalue weighted by molar-refractivity contribution is 6.35. The van der Waals surface area contributed by atoms with E-state index in [0.717, 1.165) is 29.7 Å². The van der Waals surface area contributed by atoms with E-state index in [2.05, 4.69) is 4.98 Å². The number of aryl methyl sites for hydroxylation is 1. The zero-order valence-corrected chi connectivity index (χ0v) is 15.1. The lowest BCUT2D eigenvalue weighted by molar-refractivity contribution is 0.0779. The van der Waals surface area contributed by atoms with Crippen molar-refractivity contribution in [3.05, 3.63) is 56.3 Å². The number of nitrogens with one attached hydrogen (secondary N) is 1. The van der Waals surface area contributed by atoms with Crippen molar-refractivity contribution in [1.29, 1.82) is 0 Å². The molecule has 0 saturated carbocycles. The topological polar surface area (TPSA) is 53.2 Å². The van der Waals surface area contributed by atoms with Crippen LogP contribution in [0.2, 0.25) is 10.0 Å². The van der Waals surface area contributed by atoms with Gasteiger partial charge in [0.1, 0.15) is 5.69 Å². The lowest BCUT2D eigenvalue weighted by Crippen LogP contribution is -2.27. The summed E-state index contributed by atoms with van der Waals surface area (Å²) in [5.74, 6) is -0.0341. The number of benzene rings is 1. The largest absolute Gasteiger partial charge is 0.354 e. The van der Waals surface area contributed by atoms with Gasteiger partial charge in [0.2, 0.25) is 0 Å². The lowest BCUT2D eigenvalue weighted by Gasteiger charge is -2.18. The second kappa shape index (κ2) is 6.61. The van der Waals surface area contributed by atoms with Gasteiger partial charge in [0.15, 0.2) is 5.78 Å². The number of carbonyl (C=O) groups excluding carboxylic acids is 2. The molecule has 0 spiro atoms. The molecule has 1 heterocycles. The standard InChI is InChI=1S/C18H18Cl2N2O2/c1-10-16-14(4-3-5-15(16)23)21-17(10)18(24)22(2)9-11-6-7-12(19)8-13(11)20/h6-8,21H,3-5,9H2,1-2H3. The van der Waals surface area contributed by atoms with Crippen molar-refractivity contribution in [2.75, 3.05) is 7.05 Å². The predicted molar refractivity (Wildman–Crippen MR) is 95.1 cm³/mol. The highest BCUT2D eigenvalue weighted by atomic mass is 35.5. The van der Waals surface area contributed by atoms with Gasteiger partial charge in [0.25, 0.3) is 5.91 Å². The molecular weight excluding hydrogens is 347 g/mol. The van der Waals surface area contributed by atoms with Crippen LogP contribution in [0, 0.1) is 6.92 Å². The number of nitrogens with zero attached hydrogens (tertiary/aromatic N) is 1. The highest BCUT2D eigenvalue weighted by Crippen LogP contribution is 2.28. The molecule has 1 N–H and O–H groups in total. The Balaban J connectivity index is 1.85. The van der Waals surface area contributed by atoms with Gasteiger partial charge < -0.3 is 9.88 Å². The molecule has 3 rings (SSSR count). The monoisotopic (exact) mass is 364 g/mol. The Morgan fingerprint density at radius 2 is 2.04 bits per heavy atom. The molecule has 126 valence electrons. The molecule has 4 nitrogen and oxygen atoms in total. The number of hydrogen-bond acceptors (Lipinski definition) is 2. The van der Waals surface area contributed by atoms with Crippen LogP contribution in [0.25, 0.3) is 0 Å². The minimum absolute atomic E-state index is 0.118. The molecule has 1 aliphatic rings. The fourth-order valence-corrected chi connectivity index (χ4v) is 3.62. The number of Topliss-reactive ketones (excluding diaryl/α,β-unsaturated/α-hetero) is 1. The number of carbonyl (C=O) groups is 2. The third-order valence-electron chi connectivity index (χ3n) is 4.42. The molecule has 0 bridgehead atoms. The minimum atomic E-state index is -0.152. The average Bonchev–Trinajstić information content (AvgIpc) is 2.87. The molecule has 0 fully saturated rings. The van der Waals surface area contributed by atoms with Gasteiger partial charge in [-0.3, -0.25) is 9.59 Å². The molecular formula is C18H18Cl2N2O2. The van der Waals surface area contributed by atoms with Crippen LogP contribution in [-0.4, -0.2) is 28.6 Å². The summed E-state index contributed by atoms with van der Waals surface area (Å²) in [6, 6.07) is 5.22. The SMILES string of the molecule is Cc1c(C(=O)N(C)Cc2ccc(Cl)cc2Cl)[nH]c2c1C(=O)CCC2. The van der Waals surface area contributed by atoms with Crippen molar-refractivity contribution >= 4 is 34.9 Å². The van der Waals surface area contributed by atoms with E-state index in [9.17, 15) is 9.59 Å². The summed E-state index contributed by atoms with van der Waals surface area (Å²) in [6.45, 7) is 2.20. The van der Waals surface area contributed by atoms with Crippen LogP contribution in [-0.2, 0) is 13.0 Å². The van der Waals surface area contributed by atoms with Crippen molar-refractivity contribution in [1.82, 2.24) is 9.88 Å². The quantitative estimate of drug-likeness (QED) is 0.875. The number of H-pyrrole nitrogens is 1. The van der Waals surface area contributed by atoms with E-state index in [4.69, 9.17) is 23.2 Å². The van der Waals surface area contributed by atoms with Crippen molar-refractivity contribution in [2.45, 2.75) is 32.7 Å². The third kappa shape index (κ3) is 3.08. The predicted octanol–water partition coefficient (Wildman–Crippen LogP) is 4.42. The van der Waals surface area contributed by atoms with Gasteiger partial charge in [0, 0.05) is 41.3 Å². The van der Waals surface area contributed by atoms with Gasteiger partial charge in [0.05, 0.1) is 0 Å². The van der Waals surface area contributed by atoms with Crippen LogP contribution in [0.3, 0.4) is 0 Å². The van der Waals surface area contributed by atoms with Gasteiger partial charge in [-0.2, -0.15) is 0 Å². The highest BCUT2D eigenvalue weighted by Gasteiger charge is 2.27. The van der Waals surface area contributed by atoms with Crippen LogP contribution >= 0.6 is 23.2 Å². The van der Waals surface area contributed by atoms with Crippen molar-refractivity contribution in [3.63, 3.8) is 0 Å². The smallest absolute Gasteiger partial charge is 0.270 e. The fraction of sp³-hybridized carbons (Fsp3) is 0.333. The van der Waals surface area contributed by atoms with E-state index in [1.165, 1.54) is 0 Å². The first-order chi connectivity index (χ1) is 11.4. The van der Waals surface area contributed by atoms with Gasteiger partial charge in [-0.1, -0.05) is 29.3 Å². The third-order valence-corrected chi connectivity index (χ3v) is 5.01. The molecule has 1 amide bonds. The maximum atomic E-state index is 12.8. The van der Waals surface area contributed by atoms with E-state index < -0.39 is 0 Å². The minimum Gasteiger partial charge on any atom is -0.354 e. The molecule has 0 atom stereocenters. The van der Waals surface area contributed by atoms with Gasteiger partial charge in [-0.05, 0) is 43.0 Å². The molecule has 0 aliphatic heterocycles. The van der Waals surface area contributed by atoms with Crippen LogP contribution in [0.4, 0.5) is 0 Å². The first kappa shape index (κ1) is 17.1. The van der Waals surface area contributed by atoms with Crippen LogP contribution in [0.1, 0.15) is 50.5 Å². The molecule has 1 aromatic heterocycles. The number of hydrogen-bond donors (Lipinski definition) is 1. The Morgan fingerprint density at radius 1 is 1.29 bits per heavy atom. The van der Waals surface area contributed by atoms with E-state index in [0.29, 0.717) is 34.3 Å². The van der Waals surface area contributed by atoms with E-state index in [-0.39, 0.29) is 11.7 Å². The molecule has 24 heavy (non-hydrogen) atoms. The van der Waals surface area contributed by atoms with Crippen molar-refractivity contribution in [3.8, 4) is 0 Å². The van der Waals surface area contributed by atoms with Crippen LogP contribution in [0.5, 0.6) is 0 Å². The number of aromatic nitrogens is 1. The summed E-state index contributed by atoms with van der Waals surface area (Å²) in [7, 11) is 1.72. The second-order valence-corrected chi connectivity index (χ2v) is 7.00. The number of fused-ring (bicyclic) bond motifs is 1. The lowest BCUT2D eigenvalue weighted by atomic mass is 9.94. The normalized spacial score (nSPS) is 13.8.